The second-order valence-corrected chi connectivity index (χ2v) is 16.7. The van der Waals surface area contributed by atoms with Crippen molar-refractivity contribution in [3.05, 3.63) is 222 Å². The highest BCUT2D eigenvalue weighted by Gasteiger charge is 2.57. The molecule has 0 amide bonds. The first-order chi connectivity index (χ1) is 31.0. The predicted octanol–water partition coefficient (Wildman–Crippen LogP) is 10.8. The number of ether oxygens (including phenoxy) is 6. The number of rotatable bonds is 24. The Morgan fingerprint density at radius 1 is 0.413 bits per heavy atom. The molecule has 6 aromatic carbocycles. The molecule has 1 aliphatic carbocycles. The molecule has 0 aromatic heterocycles. The molecule has 0 radical (unpaired) electrons. The molecule has 0 saturated heterocycles. The molecule has 11 heteroatoms. The number of phosphoric acid groups is 1. The van der Waals surface area contributed by atoms with Gasteiger partial charge in [-0.1, -0.05) is 170 Å². The lowest BCUT2D eigenvalue weighted by molar-refractivity contribution is -0.277. The minimum atomic E-state index is -4.48. The van der Waals surface area contributed by atoms with Crippen molar-refractivity contribution in [2.75, 3.05) is 13.7 Å². The minimum absolute atomic E-state index is 0.0557. The number of phosphoric ester groups is 1. The molecular formula is C52H55O10P. The first-order valence-corrected chi connectivity index (χ1v) is 22.6. The van der Waals surface area contributed by atoms with Crippen LogP contribution in [0, 0.1) is 0 Å². The molecule has 1 saturated carbocycles. The average molecular weight is 871 g/mol. The summed E-state index contributed by atoms with van der Waals surface area (Å²) in [5.74, 6) is 0.708. The van der Waals surface area contributed by atoms with Crippen LogP contribution in [0.15, 0.2) is 189 Å². The van der Waals surface area contributed by atoms with Crippen LogP contribution in [-0.2, 0) is 81.5 Å². The Morgan fingerprint density at radius 2 is 0.714 bits per heavy atom. The van der Waals surface area contributed by atoms with Crippen molar-refractivity contribution in [2.24, 2.45) is 0 Å². The zero-order valence-electron chi connectivity index (χ0n) is 35.5. The molecule has 7 rings (SSSR count). The Hall–Kier alpha value is -5.23. The van der Waals surface area contributed by atoms with Crippen molar-refractivity contribution in [3.63, 3.8) is 0 Å². The van der Waals surface area contributed by atoms with Crippen molar-refractivity contribution in [3.8, 4) is 5.75 Å². The summed E-state index contributed by atoms with van der Waals surface area (Å²) >= 11 is 0. The highest BCUT2D eigenvalue weighted by atomic mass is 31.2. The summed E-state index contributed by atoms with van der Waals surface area (Å²) in [7, 11) is -2.85. The van der Waals surface area contributed by atoms with E-state index < -0.39 is 44.4 Å². The third-order valence-electron chi connectivity index (χ3n) is 10.5. The summed E-state index contributed by atoms with van der Waals surface area (Å²) in [4.78, 5) is 0. The first-order valence-electron chi connectivity index (χ1n) is 21.1. The Morgan fingerprint density at radius 3 is 1.05 bits per heavy atom. The summed E-state index contributed by atoms with van der Waals surface area (Å²) in [5, 5.41) is 0. The van der Waals surface area contributed by atoms with E-state index in [4.69, 9.17) is 42.0 Å². The molecule has 0 N–H and O–H groups in total. The van der Waals surface area contributed by atoms with E-state index >= 15 is 4.57 Å². The summed E-state index contributed by atoms with van der Waals surface area (Å²) in [5.41, 5.74) is 5.23. The highest BCUT2D eigenvalue weighted by molar-refractivity contribution is 7.48. The summed E-state index contributed by atoms with van der Waals surface area (Å²) in [6, 6.07) is 56.1. The van der Waals surface area contributed by atoms with E-state index in [2.05, 4.69) is 6.58 Å². The largest absolute Gasteiger partial charge is 0.497 e. The maximum absolute atomic E-state index is 15.4. The molecule has 0 heterocycles. The Bertz CT molecular complexity index is 2200. The van der Waals surface area contributed by atoms with E-state index in [0.29, 0.717) is 5.75 Å². The summed E-state index contributed by atoms with van der Waals surface area (Å²) < 4.78 is 74.6. The van der Waals surface area contributed by atoms with Gasteiger partial charge in [0.05, 0.1) is 53.4 Å². The SMILES string of the molecule is C=CCO[C@@H]1[C@H](OCc2ccccc2)[C@@H](OCc2ccccc2)[C@H](OCc2ccccc2)[C@@H](OCc2ccc(OC)cc2)[C@@H]1OP(=O)(OCc1ccccc1)OCc1ccccc1. The number of methoxy groups -OCH3 is 1. The van der Waals surface area contributed by atoms with Gasteiger partial charge in [-0.2, -0.15) is 0 Å². The summed E-state index contributed by atoms with van der Waals surface area (Å²) in [6.45, 7) is 4.70. The molecule has 328 valence electrons. The van der Waals surface area contributed by atoms with Crippen LogP contribution in [0.4, 0.5) is 0 Å². The lowest BCUT2D eigenvalue weighted by atomic mass is 9.83. The molecule has 1 aliphatic rings. The minimum Gasteiger partial charge on any atom is -0.497 e. The Balaban J connectivity index is 1.33. The standard InChI is InChI=1S/C52H55O10P/c1-3-33-55-50-48(57-35-41-21-11-5-12-22-41)47(56-34-40-19-9-4-10-20-40)49(58-36-42-23-13-6-14-24-42)51(59-37-45-29-31-46(54-2)32-30-45)52(50)62-63(53,60-38-43-25-15-7-16-26-43)61-39-44-27-17-8-18-28-44/h3-32,47-52H,1,33-39H2,2H3/t47-,48-,49+,50-,51-,52-/m1/s1. The number of hydrogen-bond acceptors (Lipinski definition) is 10. The number of hydrogen-bond donors (Lipinski definition) is 0. The molecule has 63 heavy (non-hydrogen) atoms. The van der Waals surface area contributed by atoms with Gasteiger partial charge in [-0.05, 0) is 45.5 Å². The van der Waals surface area contributed by atoms with Gasteiger partial charge in [0.15, 0.2) is 0 Å². The normalized spacial score (nSPS) is 20.0. The van der Waals surface area contributed by atoms with Crippen LogP contribution in [-0.4, -0.2) is 50.3 Å². The smallest absolute Gasteiger partial charge is 0.475 e. The average Bonchev–Trinajstić information content (AvgIpc) is 3.34. The monoisotopic (exact) mass is 870 g/mol. The molecule has 6 atom stereocenters. The predicted molar refractivity (Wildman–Crippen MR) is 242 cm³/mol. The number of benzene rings is 6. The van der Waals surface area contributed by atoms with Gasteiger partial charge < -0.3 is 28.4 Å². The molecule has 0 unspecified atom stereocenters. The van der Waals surface area contributed by atoms with Crippen LogP contribution in [0.5, 0.6) is 5.75 Å². The fourth-order valence-corrected chi connectivity index (χ4v) is 8.64. The molecule has 1 fully saturated rings. The third kappa shape index (κ3) is 13.6. The highest BCUT2D eigenvalue weighted by Crippen LogP contribution is 2.54. The van der Waals surface area contributed by atoms with E-state index in [1.165, 1.54) is 0 Å². The van der Waals surface area contributed by atoms with Crippen LogP contribution >= 0.6 is 7.82 Å². The van der Waals surface area contributed by atoms with E-state index in [1.54, 1.807) is 13.2 Å². The first kappa shape index (κ1) is 45.8. The molecule has 0 bridgehead atoms. The molecular weight excluding hydrogens is 816 g/mol. The van der Waals surface area contributed by atoms with Gasteiger partial charge in [0.2, 0.25) is 0 Å². The van der Waals surface area contributed by atoms with Gasteiger partial charge >= 0.3 is 7.82 Å². The lowest BCUT2D eigenvalue weighted by Crippen LogP contribution is -2.67. The van der Waals surface area contributed by atoms with Crippen LogP contribution in [0.25, 0.3) is 0 Å². The van der Waals surface area contributed by atoms with Crippen molar-refractivity contribution < 1.29 is 46.6 Å². The van der Waals surface area contributed by atoms with E-state index in [0.717, 1.165) is 33.4 Å². The zero-order chi connectivity index (χ0) is 43.5. The fraction of sp³-hybridized carbons (Fsp3) is 0.269. The van der Waals surface area contributed by atoms with Gasteiger partial charge in [-0.25, -0.2) is 4.57 Å². The molecule has 0 spiro atoms. The van der Waals surface area contributed by atoms with Crippen LogP contribution < -0.4 is 4.74 Å². The Labute approximate surface area is 370 Å². The Kier molecular flexibility index (Phi) is 17.4. The fourth-order valence-electron chi connectivity index (χ4n) is 7.29. The molecule has 10 nitrogen and oxygen atoms in total. The third-order valence-corrected chi connectivity index (χ3v) is 11.9. The van der Waals surface area contributed by atoms with E-state index in [1.807, 2.05) is 176 Å². The van der Waals surface area contributed by atoms with Gasteiger partial charge in [0.1, 0.15) is 42.4 Å². The van der Waals surface area contributed by atoms with Crippen molar-refractivity contribution >= 4 is 7.82 Å². The maximum Gasteiger partial charge on any atom is 0.475 e. The van der Waals surface area contributed by atoms with Crippen molar-refractivity contribution in [1.82, 2.24) is 0 Å². The van der Waals surface area contributed by atoms with Gasteiger partial charge in [-0.15, -0.1) is 6.58 Å². The summed E-state index contributed by atoms with van der Waals surface area (Å²) in [6.07, 6.45) is -4.03. The van der Waals surface area contributed by atoms with Crippen LogP contribution in [0.3, 0.4) is 0 Å². The van der Waals surface area contributed by atoms with Crippen molar-refractivity contribution in [1.29, 1.82) is 0 Å². The van der Waals surface area contributed by atoms with Crippen LogP contribution in [0.1, 0.15) is 33.4 Å². The molecule has 0 aliphatic heterocycles. The van der Waals surface area contributed by atoms with Gasteiger partial charge in [-0.3, -0.25) is 13.6 Å². The van der Waals surface area contributed by atoms with Crippen molar-refractivity contribution in [2.45, 2.75) is 76.3 Å². The van der Waals surface area contributed by atoms with Gasteiger partial charge in [0.25, 0.3) is 0 Å². The van der Waals surface area contributed by atoms with Gasteiger partial charge in [0, 0.05) is 0 Å². The lowest BCUT2D eigenvalue weighted by Gasteiger charge is -2.49. The molecule has 6 aromatic rings. The van der Waals surface area contributed by atoms with Crippen LogP contribution in [0.2, 0.25) is 0 Å². The zero-order valence-corrected chi connectivity index (χ0v) is 36.4. The second-order valence-electron chi connectivity index (χ2n) is 15.0. The topological polar surface area (TPSA) is 100 Å². The second kappa shape index (κ2) is 24.0. The van der Waals surface area contributed by atoms with E-state index in [-0.39, 0.29) is 46.2 Å². The maximum atomic E-state index is 15.4. The quantitative estimate of drug-likeness (QED) is 0.0432. The van der Waals surface area contributed by atoms with E-state index in [9.17, 15) is 0 Å².